The van der Waals surface area contributed by atoms with E-state index in [0.29, 0.717) is 16.3 Å². The van der Waals surface area contributed by atoms with Gasteiger partial charge >= 0.3 is 0 Å². The minimum Gasteiger partial charge on any atom is -0.506 e. The molecular weight excluding hydrogens is 308 g/mol. The third-order valence-electron chi connectivity index (χ3n) is 2.61. The van der Waals surface area contributed by atoms with Gasteiger partial charge in [0.15, 0.2) is 0 Å². The molecule has 2 aromatic rings. The molecule has 0 heterocycles. The number of nitrogens with one attached hydrogen (secondary N) is 1. The van der Waals surface area contributed by atoms with Gasteiger partial charge in [0.25, 0.3) is 5.91 Å². The normalized spacial score (nSPS) is 9.90. The van der Waals surface area contributed by atoms with E-state index in [1.807, 2.05) is 12.1 Å². The average molecular weight is 319 g/mol. The second-order valence-corrected chi connectivity index (χ2v) is 5.58. The highest BCUT2D eigenvalue weighted by Gasteiger charge is 2.10. The highest BCUT2D eigenvalue weighted by molar-refractivity contribution is 7.99. The molecule has 2 aromatic carbocycles. The molecule has 0 fully saturated rings. The Morgan fingerprint density at radius 3 is 2.90 bits per heavy atom. The molecule has 21 heavy (non-hydrogen) atoms. The molecule has 2 N–H and O–H groups in total. The lowest BCUT2D eigenvalue weighted by Gasteiger charge is -2.08. The summed E-state index contributed by atoms with van der Waals surface area (Å²) in [6.07, 6.45) is 0. The predicted molar refractivity (Wildman–Crippen MR) is 83.8 cm³/mol. The van der Waals surface area contributed by atoms with Crippen molar-refractivity contribution in [3.63, 3.8) is 0 Å². The molecule has 0 aliphatic heterocycles. The Hall–Kier alpha value is -2.16. The van der Waals surface area contributed by atoms with Gasteiger partial charge in [-0.25, -0.2) is 0 Å². The largest absolute Gasteiger partial charge is 0.506 e. The number of rotatable bonds is 4. The second-order valence-electron chi connectivity index (χ2n) is 4.09. The van der Waals surface area contributed by atoms with Crippen LogP contribution in [0.4, 0.5) is 5.69 Å². The summed E-state index contributed by atoms with van der Waals surface area (Å²) < 4.78 is 0. The third kappa shape index (κ3) is 4.15. The van der Waals surface area contributed by atoms with Crippen LogP contribution in [0.2, 0.25) is 5.02 Å². The van der Waals surface area contributed by atoms with Crippen LogP contribution in [0.5, 0.6) is 5.75 Å². The third-order valence-corrected chi connectivity index (χ3v) is 3.70. The first-order valence-corrected chi connectivity index (χ1v) is 7.36. The Balaban J connectivity index is 2.17. The maximum Gasteiger partial charge on any atom is 0.255 e. The molecule has 0 saturated carbocycles. The number of benzene rings is 2. The number of nitriles is 1. The number of phenols is 1. The molecule has 2 rings (SSSR count). The maximum atomic E-state index is 12.2. The summed E-state index contributed by atoms with van der Waals surface area (Å²) in [5, 5.41) is 21.3. The first-order valence-electron chi connectivity index (χ1n) is 6.00. The van der Waals surface area contributed by atoms with Gasteiger partial charge in [0.05, 0.1) is 17.5 Å². The van der Waals surface area contributed by atoms with Gasteiger partial charge in [0.1, 0.15) is 5.75 Å². The Morgan fingerprint density at radius 1 is 1.33 bits per heavy atom. The Kier molecular flexibility index (Phi) is 5.09. The number of thioether (sulfide) groups is 1. The number of hydrogen-bond donors (Lipinski definition) is 2. The molecule has 0 atom stereocenters. The van der Waals surface area contributed by atoms with Gasteiger partial charge in [-0.1, -0.05) is 17.7 Å². The van der Waals surface area contributed by atoms with Gasteiger partial charge in [-0.05, 0) is 36.4 Å². The highest BCUT2D eigenvalue weighted by atomic mass is 35.5. The number of hydrogen-bond acceptors (Lipinski definition) is 4. The van der Waals surface area contributed by atoms with Crippen LogP contribution < -0.4 is 5.32 Å². The average Bonchev–Trinajstić information content (AvgIpc) is 2.49. The number of carbonyl (C=O) groups is 1. The number of phenolic OH excluding ortho intramolecular Hbond substituents is 1. The van der Waals surface area contributed by atoms with Crippen molar-refractivity contribution in [2.45, 2.75) is 4.90 Å². The van der Waals surface area contributed by atoms with E-state index in [9.17, 15) is 9.90 Å². The maximum absolute atomic E-state index is 12.2. The molecule has 4 nitrogen and oxygen atoms in total. The van der Waals surface area contributed by atoms with E-state index < -0.39 is 0 Å². The lowest BCUT2D eigenvalue weighted by atomic mass is 10.2. The number of nitrogens with zero attached hydrogens (tertiary/aromatic N) is 1. The summed E-state index contributed by atoms with van der Waals surface area (Å²) in [7, 11) is 0. The van der Waals surface area contributed by atoms with E-state index in [4.69, 9.17) is 16.9 Å². The van der Waals surface area contributed by atoms with E-state index in [1.54, 1.807) is 18.2 Å². The van der Waals surface area contributed by atoms with Crippen LogP contribution in [-0.2, 0) is 0 Å². The monoisotopic (exact) mass is 318 g/mol. The van der Waals surface area contributed by atoms with Gasteiger partial charge in [0, 0.05) is 15.5 Å². The summed E-state index contributed by atoms with van der Waals surface area (Å²) in [6.45, 7) is 0. The molecule has 0 unspecified atom stereocenters. The zero-order valence-electron chi connectivity index (χ0n) is 10.8. The molecule has 0 spiro atoms. The van der Waals surface area contributed by atoms with E-state index in [-0.39, 0.29) is 17.3 Å². The molecule has 0 radical (unpaired) electrons. The van der Waals surface area contributed by atoms with Crippen molar-refractivity contribution in [3.8, 4) is 11.8 Å². The van der Waals surface area contributed by atoms with Crippen LogP contribution in [0.3, 0.4) is 0 Å². The minimum atomic E-state index is -0.355. The smallest absolute Gasteiger partial charge is 0.255 e. The van der Waals surface area contributed by atoms with E-state index in [2.05, 4.69) is 5.32 Å². The van der Waals surface area contributed by atoms with Crippen molar-refractivity contribution in [3.05, 3.63) is 53.1 Å². The molecule has 0 bridgehead atoms. The Morgan fingerprint density at radius 2 is 2.14 bits per heavy atom. The van der Waals surface area contributed by atoms with Crippen LogP contribution in [-0.4, -0.2) is 16.8 Å². The van der Waals surface area contributed by atoms with Gasteiger partial charge in [-0.2, -0.15) is 5.26 Å². The number of carbonyl (C=O) groups excluding carboxylic acids is 1. The fraction of sp³-hybridized carbons (Fsp3) is 0.0667. The topological polar surface area (TPSA) is 73.1 Å². The van der Waals surface area contributed by atoms with Crippen molar-refractivity contribution in [2.24, 2.45) is 0 Å². The standard InChI is InChI=1S/C15H11ClN2O2S/c16-11-4-5-14(19)13(9-11)18-15(20)10-2-1-3-12(8-10)21-7-6-17/h1-5,8-9,19H,7H2,(H,18,20). The van der Waals surface area contributed by atoms with Crippen molar-refractivity contribution < 1.29 is 9.90 Å². The molecule has 6 heteroatoms. The van der Waals surface area contributed by atoms with E-state index in [0.717, 1.165) is 4.90 Å². The second kappa shape index (κ2) is 7.02. The first-order chi connectivity index (χ1) is 10.1. The molecule has 1 amide bonds. The summed E-state index contributed by atoms with van der Waals surface area (Å²) >= 11 is 7.18. The van der Waals surface area contributed by atoms with Crippen molar-refractivity contribution in [1.29, 1.82) is 5.26 Å². The zero-order chi connectivity index (χ0) is 15.2. The number of aromatic hydroxyl groups is 1. The zero-order valence-corrected chi connectivity index (χ0v) is 12.4. The molecular formula is C15H11ClN2O2S. The lowest BCUT2D eigenvalue weighted by molar-refractivity contribution is 0.102. The van der Waals surface area contributed by atoms with Crippen LogP contribution in [0.15, 0.2) is 47.4 Å². The lowest BCUT2D eigenvalue weighted by Crippen LogP contribution is -2.12. The van der Waals surface area contributed by atoms with Crippen LogP contribution in [0.1, 0.15) is 10.4 Å². The summed E-state index contributed by atoms with van der Waals surface area (Å²) in [5.41, 5.74) is 0.694. The van der Waals surface area contributed by atoms with Crippen LogP contribution >= 0.6 is 23.4 Å². The summed E-state index contributed by atoms with van der Waals surface area (Å²) in [6, 6.07) is 13.4. The number of amides is 1. The number of anilines is 1. The van der Waals surface area contributed by atoms with E-state index >= 15 is 0 Å². The van der Waals surface area contributed by atoms with Crippen molar-refractivity contribution in [1.82, 2.24) is 0 Å². The van der Waals surface area contributed by atoms with Crippen molar-refractivity contribution >= 4 is 35.0 Å². The first kappa shape index (κ1) is 15.2. The van der Waals surface area contributed by atoms with Crippen molar-refractivity contribution in [2.75, 3.05) is 11.1 Å². The van der Waals surface area contributed by atoms with Gasteiger partial charge in [-0.15, -0.1) is 11.8 Å². The Bertz CT molecular complexity index is 713. The number of halogens is 1. The molecule has 0 aliphatic carbocycles. The SMILES string of the molecule is N#CCSc1cccc(C(=O)Nc2cc(Cl)ccc2O)c1. The predicted octanol–water partition coefficient (Wildman–Crippen LogP) is 3.91. The summed E-state index contributed by atoms with van der Waals surface area (Å²) in [5.74, 6) is -0.0881. The molecule has 106 valence electrons. The molecule has 0 aliphatic rings. The van der Waals surface area contributed by atoms with Crippen LogP contribution in [0, 0.1) is 11.3 Å². The quantitative estimate of drug-likeness (QED) is 0.662. The van der Waals surface area contributed by atoms with Gasteiger partial charge in [0.2, 0.25) is 0 Å². The highest BCUT2D eigenvalue weighted by Crippen LogP contribution is 2.27. The van der Waals surface area contributed by atoms with Crippen LogP contribution in [0.25, 0.3) is 0 Å². The fourth-order valence-corrected chi connectivity index (χ4v) is 2.43. The fourth-order valence-electron chi connectivity index (χ4n) is 1.65. The van der Waals surface area contributed by atoms with Gasteiger partial charge < -0.3 is 10.4 Å². The summed E-state index contributed by atoms with van der Waals surface area (Å²) in [4.78, 5) is 13.0. The minimum absolute atomic E-state index is 0.0530. The Labute approximate surface area is 131 Å². The molecule has 0 saturated heterocycles. The van der Waals surface area contributed by atoms with E-state index in [1.165, 1.54) is 30.0 Å². The molecule has 0 aromatic heterocycles. The van der Waals surface area contributed by atoms with Gasteiger partial charge in [-0.3, -0.25) is 4.79 Å².